The van der Waals surface area contributed by atoms with Crippen LogP contribution in [0.4, 0.5) is 15.8 Å². The number of nitrogens with zero attached hydrogens (tertiary/aromatic N) is 1. The molecule has 0 aliphatic rings. The minimum atomic E-state index is -1.14. The van der Waals surface area contributed by atoms with Crippen LogP contribution < -0.4 is 25.5 Å². The van der Waals surface area contributed by atoms with Crippen molar-refractivity contribution < 1.29 is 37.8 Å². The summed E-state index contributed by atoms with van der Waals surface area (Å²) < 4.78 is 29.9. The Morgan fingerprint density at radius 3 is 2.31 bits per heavy atom. The Morgan fingerprint density at radius 1 is 0.881 bits per heavy atom. The Balaban J connectivity index is 1.54. The van der Waals surface area contributed by atoms with Crippen molar-refractivity contribution in [1.29, 1.82) is 0 Å². The molecular weight excluding hydrogens is 547 g/mol. The van der Waals surface area contributed by atoms with Gasteiger partial charge in [-0.3, -0.25) is 14.4 Å². The molecule has 0 saturated heterocycles. The highest BCUT2D eigenvalue weighted by molar-refractivity contribution is 6.06. The summed E-state index contributed by atoms with van der Waals surface area (Å²) in [5.74, 6) is -3.35. The van der Waals surface area contributed by atoms with Gasteiger partial charge in [0, 0.05) is 5.69 Å². The molecule has 3 aromatic carbocycles. The maximum atomic E-state index is 13.8. The van der Waals surface area contributed by atoms with Crippen LogP contribution in [-0.2, 0) is 19.1 Å². The van der Waals surface area contributed by atoms with Gasteiger partial charge in [-0.15, -0.1) is 0 Å². The molecule has 12 heteroatoms. The summed E-state index contributed by atoms with van der Waals surface area (Å²) in [5, 5.41) is 8.93. The average Bonchev–Trinajstić information content (AvgIpc) is 2.98. The van der Waals surface area contributed by atoms with Crippen molar-refractivity contribution in [2.75, 3.05) is 30.5 Å². The Labute approximate surface area is 242 Å². The Morgan fingerprint density at radius 2 is 1.62 bits per heavy atom. The third-order valence-electron chi connectivity index (χ3n) is 5.61. The SMILES string of the molecule is CCOC(=O)c1ccc(NC(=O)COc2ccc(C=NNC(=O)C(C)C(=O)Nc3ccccc3F)cc2OCC)cc1. The van der Waals surface area contributed by atoms with E-state index in [4.69, 9.17) is 14.2 Å². The number of rotatable bonds is 13. The first-order chi connectivity index (χ1) is 20.2. The predicted molar refractivity (Wildman–Crippen MR) is 154 cm³/mol. The summed E-state index contributed by atoms with van der Waals surface area (Å²) >= 11 is 0. The van der Waals surface area contributed by atoms with Gasteiger partial charge in [0.15, 0.2) is 18.1 Å². The third-order valence-corrected chi connectivity index (χ3v) is 5.61. The van der Waals surface area contributed by atoms with Crippen LogP contribution in [0.2, 0.25) is 0 Å². The molecule has 0 saturated carbocycles. The van der Waals surface area contributed by atoms with Crippen LogP contribution >= 0.6 is 0 Å². The Hall–Kier alpha value is -5.26. The van der Waals surface area contributed by atoms with Gasteiger partial charge in [-0.05, 0) is 80.9 Å². The van der Waals surface area contributed by atoms with Gasteiger partial charge in [0.05, 0.1) is 30.7 Å². The number of hydrogen-bond donors (Lipinski definition) is 3. The molecule has 1 atom stereocenters. The van der Waals surface area contributed by atoms with Gasteiger partial charge in [0.2, 0.25) is 5.91 Å². The molecule has 0 aromatic heterocycles. The van der Waals surface area contributed by atoms with Crippen molar-refractivity contribution in [2.45, 2.75) is 20.8 Å². The fraction of sp³-hybridized carbons (Fsp3) is 0.233. The lowest BCUT2D eigenvalue weighted by Crippen LogP contribution is -2.34. The second kappa shape index (κ2) is 15.5. The van der Waals surface area contributed by atoms with E-state index in [1.165, 1.54) is 31.3 Å². The molecule has 220 valence electrons. The van der Waals surface area contributed by atoms with E-state index in [0.717, 1.165) is 0 Å². The normalized spacial score (nSPS) is 11.3. The molecule has 0 heterocycles. The summed E-state index contributed by atoms with van der Waals surface area (Å²) in [6.45, 7) is 5.15. The van der Waals surface area contributed by atoms with E-state index >= 15 is 0 Å². The molecule has 3 N–H and O–H groups in total. The highest BCUT2D eigenvalue weighted by Crippen LogP contribution is 2.28. The van der Waals surface area contributed by atoms with E-state index in [9.17, 15) is 23.6 Å². The van der Waals surface area contributed by atoms with Gasteiger partial charge in [-0.1, -0.05) is 12.1 Å². The molecule has 0 bridgehead atoms. The van der Waals surface area contributed by atoms with Crippen LogP contribution in [0.15, 0.2) is 71.8 Å². The van der Waals surface area contributed by atoms with Crippen LogP contribution in [0.1, 0.15) is 36.7 Å². The fourth-order valence-corrected chi connectivity index (χ4v) is 3.43. The summed E-state index contributed by atoms with van der Waals surface area (Å²) in [5.41, 5.74) is 3.65. The number of halogens is 1. The van der Waals surface area contributed by atoms with Crippen LogP contribution in [-0.4, -0.2) is 49.7 Å². The van der Waals surface area contributed by atoms with Gasteiger partial charge in [-0.25, -0.2) is 14.6 Å². The van der Waals surface area contributed by atoms with Crippen LogP contribution in [0.5, 0.6) is 11.5 Å². The summed E-state index contributed by atoms with van der Waals surface area (Å²) in [7, 11) is 0. The zero-order valence-electron chi connectivity index (χ0n) is 23.3. The standard InChI is InChI=1S/C30H31FN4O7/c1-4-40-26-16-20(17-32-35-29(38)19(3)28(37)34-24-9-7-6-8-23(24)31)10-15-25(26)42-18-27(36)33-22-13-11-21(12-14-22)30(39)41-5-2/h6-17,19H,4-5,18H2,1-3H3,(H,33,36)(H,34,37)(H,35,38). The van der Waals surface area contributed by atoms with Crippen molar-refractivity contribution in [3.8, 4) is 11.5 Å². The Kier molecular flexibility index (Phi) is 11.5. The Bertz CT molecular complexity index is 1440. The molecule has 3 aromatic rings. The molecule has 0 spiro atoms. The zero-order valence-corrected chi connectivity index (χ0v) is 23.3. The maximum Gasteiger partial charge on any atom is 0.338 e. The number of carbonyl (C=O) groups is 4. The van der Waals surface area contributed by atoms with Gasteiger partial charge < -0.3 is 24.8 Å². The minimum Gasteiger partial charge on any atom is -0.490 e. The number of anilines is 2. The quantitative estimate of drug-likeness (QED) is 0.120. The number of nitrogens with one attached hydrogen (secondary N) is 3. The first kappa shape index (κ1) is 31.3. The number of esters is 1. The molecule has 11 nitrogen and oxygen atoms in total. The molecule has 0 fully saturated rings. The number of benzene rings is 3. The van der Waals surface area contributed by atoms with E-state index < -0.39 is 35.4 Å². The van der Waals surface area contributed by atoms with Crippen LogP contribution in [0, 0.1) is 11.7 Å². The second-order valence-corrected chi connectivity index (χ2v) is 8.70. The summed E-state index contributed by atoms with van der Waals surface area (Å²) in [4.78, 5) is 48.8. The smallest absolute Gasteiger partial charge is 0.338 e. The third kappa shape index (κ3) is 9.15. The maximum absolute atomic E-state index is 13.8. The second-order valence-electron chi connectivity index (χ2n) is 8.70. The van der Waals surface area contributed by atoms with E-state index in [1.807, 2.05) is 0 Å². The number of carbonyl (C=O) groups excluding carboxylic acids is 4. The van der Waals surface area contributed by atoms with Crippen molar-refractivity contribution in [3.63, 3.8) is 0 Å². The molecule has 3 amide bonds. The lowest BCUT2D eigenvalue weighted by atomic mass is 10.1. The number of para-hydroxylation sites is 1. The monoisotopic (exact) mass is 578 g/mol. The van der Waals surface area contributed by atoms with Crippen molar-refractivity contribution in [2.24, 2.45) is 11.0 Å². The highest BCUT2D eigenvalue weighted by atomic mass is 19.1. The number of ether oxygens (including phenoxy) is 3. The van der Waals surface area contributed by atoms with Gasteiger partial charge >= 0.3 is 5.97 Å². The first-order valence-corrected chi connectivity index (χ1v) is 13.1. The minimum absolute atomic E-state index is 0.0291. The topological polar surface area (TPSA) is 144 Å². The van der Waals surface area contributed by atoms with Gasteiger partial charge in [-0.2, -0.15) is 5.10 Å². The molecular formula is C30H31FN4O7. The summed E-state index contributed by atoms with van der Waals surface area (Å²) in [6.07, 6.45) is 1.35. The fourth-order valence-electron chi connectivity index (χ4n) is 3.43. The van der Waals surface area contributed by atoms with Crippen LogP contribution in [0.3, 0.4) is 0 Å². The average molecular weight is 579 g/mol. The van der Waals surface area contributed by atoms with Crippen LogP contribution in [0.25, 0.3) is 0 Å². The number of hydrogen-bond acceptors (Lipinski definition) is 8. The van der Waals surface area contributed by atoms with E-state index in [2.05, 4.69) is 21.2 Å². The van der Waals surface area contributed by atoms with Gasteiger partial charge in [0.25, 0.3) is 11.8 Å². The molecule has 0 radical (unpaired) electrons. The largest absolute Gasteiger partial charge is 0.490 e. The predicted octanol–water partition coefficient (Wildman–Crippen LogP) is 4.14. The highest BCUT2D eigenvalue weighted by Gasteiger charge is 2.22. The summed E-state index contributed by atoms with van der Waals surface area (Å²) in [6, 6.07) is 16.7. The van der Waals surface area contributed by atoms with Crippen molar-refractivity contribution in [1.82, 2.24) is 5.43 Å². The number of amides is 3. The first-order valence-electron chi connectivity index (χ1n) is 13.1. The van der Waals surface area contributed by atoms with Crippen molar-refractivity contribution >= 4 is 41.3 Å². The van der Waals surface area contributed by atoms with Gasteiger partial charge in [0.1, 0.15) is 11.7 Å². The molecule has 3 rings (SSSR count). The lowest BCUT2D eigenvalue weighted by molar-refractivity contribution is -0.131. The van der Waals surface area contributed by atoms with E-state index in [-0.39, 0.29) is 18.9 Å². The number of hydrazone groups is 1. The molecule has 1 unspecified atom stereocenters. The molecule has 0 aliphatic heterocycles. The zero-order chi connectivity index (χ0) is 30.5. The van der Waals surface area contributed by atoms with Crippen molar-refractivity contribution in [3.05, 3.63) is 83.7 Å². The van der Waals surface area contributed by atoms with E-state index in [0.29, 0.717) is 34.9 Å². The van der Waals surface area contributed by atoms with E-state index in [1.54, 1.807) is 62.4 Å². The molecule has 42 heavy (non-hydrogen) atoms. The molecule has 0 aliphatic carbocycles. The lowest BCUT2D eigenvalue weighted by Gasteiger charge is -2.13.